The van der Waals surface area contributed by atoms with Gasteiger partial charge in [-0.1, -0.05) is 31.5 Å². The van der Waals surface area contributed by atoms with E-state index < -0.39 is 0 Å². The summed E-state index contributed by atoms with van der Waals surface area (Å²) in [7, 11) is 3.63. The van der Waals surface area contributed by atoms with Crippen LogP contribution in [0.5, 0.6) is 0 Å². The molecule has 1 aromatic heterocycles. The molecule has 0 fully saturated rings. The minimum atomic E-state index is -0.105. The molecule has 0 saturated heterocycles. The predicted octanol–water partition coefficient (Wildman–Crippen LogP) is 3.64. The molecule has 0 aliphatic carbocycles. The second-order valence-electron chi connectivity index (χ2n) is 7.67. The summed E-state index contributed by atoms with van der Waals surface area (Å²) in [5.41, 5.74) is 2.64. The van der Waals surface area contributed by atoms with Gasteiger partial charge < -0.3 is 19.1 Å². The Hall–Kier alpha value is -2.60. The molecule has 0 spiro atoms. The third-order valence-corrected chi connectivity index (χ3v) is 5.30. The smallest absolute Gasteiger partial charge is 0.254 e. The lowest BCUT2D eigenvalue weighted by molar-refractivity contribution is -0.132. The van der Waals surface area contributed by atoms with E-state index in [0.29, 0.717) is 38.2 Å². The van der Waals surface area contributed by atoms with Crippen LogP contribution in [-0.2, 0) is 23.1 Å². The lowest BCUT2D eigenvalue weighted by Crippen LogP contribution is -2.44. The number of amides is 2. The summed E-state index contributed by atoms with van der Waals surface area (Å²) in [6, 6.07) is 11.5. The first-order chi connectivity index (χ1) is 14.5. The Balaban J connectivity index is 2.17. The standard InChI is InChI=1S/C24H35N3O3/c1-5-6-15-26(18-21-12-9-14-25(21)3)23(28)19-27(16-10-17-30-4)24(29)22-13-8-7-11-20(22)2/h7-9,11-14H,5-6,10,15-19H2,1-4H3. The van der Waals surface area contributed by atoms with E-state index >= 15 is 0 Å². The molecule has 2 rings (SSSR count). The number of benzene rings is 1. The van der Waals surface area contributed by atoms with Crippen LogP contribution >= 0.6 is 0 Å². The van der Waals surface area contributed by atoms with Crippen LogP contribution in [0.1, 0.15) is 47.8 Å². The van der Waals surface area contributed by atoms with Gasteiger partial charge >= 0.3 is 0 Å². The maximum absolute atomic E-state index is 13.2. The molecule has 6 nitrogen and oxygen atoms in total. The van der Waals surface area contributed by atoms with Crippen molar-refractivity contribution in [1.82, 2.24) is 14.4 Å². The van der Waals surface area contributed by atoms with Gasteiger partial charge in [0.05, 0.1) is 6.54 Å². The molecule has 0 radical (unpaired) electrons. The molecular weight excluding hydrogens is 378 g/mol. The van der Waals surface area contributed by atoms with E-state index in [1.165, 1.54) is 0 Å². The second-order valence-corrected chi connectivity index (χ2v) is 7.67. The van der Waals surface area contributed by atoms with Gasteiger partial charge in [0.1, 0.15) is 6.54 Å². The number of aryl methyl sites for hydroxylation is 2. The first-order valence-electron chi connectivity index (χ1n) is 10.7. The van der Waals surface area contributed by atoms with E-state index in [2.05, 4.69) is 6.92 Å². The van der Waals surface area contributed by atoms with Gasteiger partial charge in [0, 0.05) is 51.3 Å². The van der Waals surface area contributed by atoms with Gasteiger partial charge in [0.2, 0.25) is 5.91 Å². The summed E-state index contributed by atoms with van der Waals surface area (Å²) in [5.74, 6) is -0.129. The number of hydrogen-bond acceptors (Lipinski definition) is 3. The maximum atomic E-state index is 13.2. The van der Waals surface area contributed by atoms with Gasteiger partial charge in [-0.05, 0) is 43.5 Å². The number of aromatic nitrogens is 1. The third-order valence-electron chi connectivity index (χ3n) is 5.30. The Morgan fingerprint density at radius 3 is 2.40 bits per heavy atom. The number of carbonyl (C=O) groups excluding carboxylic acids is 2. The van der Waals surface area contributed by atoms with E-state index in [4.69, 9.17) is 4.74 Å². The third kappa shape index (κ3) is 6.73. The predicted molar refractivity (Wildman–Crippen MR) is 119 cm³/mol. The zero-order valence-corrected chi connectivity index (χ0v) is 18.8. The number of methoxy groups -OCH3 is 1. The zero-order chi connectivity index (χ0) is 21.9. The van der Waals surface area contributed by atoms with E-state index in [1.807, 2.05) is 66.0 Å². The summed E-state index contributed by atoms with van der Waals surface area (Å²) < 4.78 is 7.18. The van der Waals surface area contributed by atoms with Crippen molar-refractivity contribution in [3.8, 4) is 0 Å². The van der Waals surface area contributed by atoms with Crippen LogP contribution in [0.25, 0.3) is 0 Å². The minimum Gasteiger partial charge on any atom is -0.385 e. The number of carbonyl (C=O) groups is 2. The lowest BCUT2D eigenvalue weighted by Gasteiger charge is -2.28. The van der Waals surface area contributed by atoms with Crippen LogP contribution in [0, 0.1) is 6.92 Å². The molecule has 0 bridgehead atoms. The highest BCUT2D eigenvalue weighted by Gasteiger charge is 2.23. The Morgan fingerprint density at radius 1 is 1.03 bits per heavy atom. The fourth-order valence-corrected chi connectivity index (χ4v) is 3.40. The van der Waals surface area contributed by atoms with Crippen molar-refractivity contribution in [2.75, 3.05) is 33.4 Å². The molecule has 0 saturated carbocycles. The van der Waals surface area contributed by atoms with Gasteiger partial charge in [-0.15, -0.1) is 0 Å². The van der Waals surface area contributed by atoms with Crippen LogP contribution in [0.4, 0.5) is 0 Å². The fourth-order valence-electron chi connectivity index (χ4n) is 3.40. The van der Waals surface area contributed by atoms with Crippen molar-refractivity contribution >= 4 is 11.8 Å². The van der Waals surface area contributed by atoms with Crippen LogP contribution in [0.2, 0.25) is 0 Å². The van der Waals surface area contributed by atoms with Crippen LogP contribution in [-0.4, -0.2) is 59.5 Å². The first-order valence-corrected chi connectivity index (χ1v) is 10.7. The molecule has 0 unspecified atom stereocenters. The van der Waals surface area contributed by atoms with Crippen LogP contribution in [0.15, 0.2) is 42.6 Å². The summed E-state index contributed by atoms with van der Waals surface area (Å²) >= 11 is 0. The zero-order valence-electron chi connectivity index (χ0n) is 18.8. The second kappa shape index (κ2) is 12.2. The molecular formula is C24H35N3O3. The molecule has 30 heavy (non-hydrogen) atoms. The van der Waals surface area contributed by atoms with Crippen LogP contribution in [0.3, 0.4) is 0 Å². The van der Waals surface area contributed by atoms with E-state index in [-0.39, 0.29) is 18.4 Å². The molecule has 164 valence electrons. The highest BCUT2D eigenvalue weighted by molar-refractivity contribution is 5.97. The van der Waals surface area contributed by atoms with Crippen molar-refractivity contribution in [3.63, 3.8) is 0 Å². The number of hydrogen-bond donors (Lipinski definition) is 0. The molecule has 0 atom stereocenters. The number of unbranched alkanes of at least 4 members (excludes halogenated alkanes) is 1. The van der Waals surface area contributed by atoms with E-state index in [9.17, 15) is 9.59 Å². The highest BCUT2D eigenvalue weighted by Crippen LogP contribution is 2.13. The Kier molecular flexibility index (Phi) is 9.61. The van der Waals surface area contributed by atoms with Crippen molar-refractivity contribution < 1.29 is 14.3 Å². The van der Waals surface area contributed by atoms with Crippen molar-refractivity contribution in [2.45, 2.75) is 39.7 Å². The monoisotopic (exact) mass is 413 g/mol. The molecule has 0 aliphatic rings. The van der Waals surface area contributed by atoms with Crippen molar-refractivity contribution in [3.05, 3.63) is 59.4 Å². The van der Waals surface area contributed by atoms with Gasteiger partial charge in [-0.2, -0.15) is 0 Å². The average Bonchev–Trinajstić information content (AvgIpc) is 3.14. The fraction of sp³-hybridized carbons (Fsp3) is 0.500. The highest BCUT2D eigenvalue weighted by atomic mass is 16.5. The Bertz CT molecular complexity index is 816. The number of nitrogens with zero attached hydrogens (tertiary/aromatic N) is 3. The van der Waals surface area contributed by atoms with Crippen molar-refractivity contribution in [2.24, 2.45) is 7.05 Å². The molecule has 0 N–H and O–H groups in total. The van der Waals surface area contributed by atoms with Gasteiger partial charge in [0.15, 0.2) is 0 Å². The molecule has 1 aromatic carbocycles. The molecule has 0 aliphatic heterocycles. The molecule has 2 amide bonds. The SMILES string of the molecule is CCCCN(Cc1cccn1C)C(=O)CN(CCCOC)C(=O)c1ccccc1C. The van der Waals surface area contributed by atoms with Crippen LogP contribution < -0.4 is 0 Å². The normalized spacial score (nSPS) is 10.8. The number of rotatable bonds is 12. The Morgan fingerprint density at radius 2 is 1.77 bits per heavy atom. The van der Waals surface area contributed by atoms with E-state index in [1.54, 1.807) is 12.0 Å². The summed E-state index contributed by atoms with van der Waals surface area (Å²) in [6.07, 6.45) is 4.62. The lowest BCUT2D eigenvalue weighted by atomic mass is 10.1. The molecule has 2 aromatic rings. The maximum Gasteiger partial charge on any atom is 0.254 e. The quantitative estimate of drug-likeness (QED) is 0.499. The first kappa shape index (κ1) is 23.7. The topological polar surface area (TPSA) is 54.8 Å². The summed E-state index contributed by atoms with van der Waals surface area (Å²) in [5, 5.41) is 0. The van der Waals surface area contributed by atoms with Gasteiger partial charge in [-0.3, -0.25) is 9.59 Å². The Labute approximate surface area is 180 Å². The average molecular weight is 414 g/mol. The van der Waals surface area contributed by atoms with Gasteiger partial charge in [-0.25, -0.2) is 0 Å². The summed E-state index contributed by atoms with van der Waals surface area (Å²) in [6.45, 7) is 6.38. The molecule has 6 heteroatoms. The number of ether oxygens (including phenoxy) is 1. The minimum absolute atomic E-state index is 0.0241. The molecule has 1 heterocycles. The summed E-state index contributed by atoms with van der Waals surface area (Å²) in [4.78, 5) is 30.0. The largest absolute Gasteiger partial charge is 0.385 e. The van der Waals surface area contributed by atoms with Gasteiger partial charge in [0.25, 0.3) is 5.91 Å². The van der Waals surface area contributed by atoms with Crippen molar-refractivity contribution in [1.29, 1.82) is 0 Å². The van der Waals surface area contributed by atoms with E-state index in [0.717, 1.165) is 24.1 Å².